The number of amides is 1. The molecule has 0 unspecified atom stereocenters. The minimum atomic E-state index is 0.264. The van der Waals surface area contributed by atoms with Crippen LogP contribution in [0.1, 0.15) is 18.9 Å². The first-order chi connectivity index (χ1) is 8.68. The summed E-state index contributed by atoms with van der Waals surface area (Å²) in [6.07, 6.45) is 1.39. The lowest BCUT2D eigenvalue weighted by atomic mass is 10.1. The van der Waals surface area contributed by atoms with Crippen molar-refractivity contribution in [2.24, 2.45) is 0 Å². The van der Waals surface area contributed by atoms with Gasteiger partial charge in [0.2, 0.25) is 5.91 Å². The van der Waals surface area contributed by atoms with Gasteiger partial charge in [-0.1, -0.05) is 34.1 Å². The van der Waals surface area contributed by atoms with E-state index in [0.717, 1.165) is 30.5 Å². The number of rotatable bonds is 3. The summed E-state index contributed by atoms with van der Waals surface area (Å²) in [5, 5.41) is 3.30. The molecule has 18 heavy (non-hydrogen) atoms. The quantitative estimate of drug-likeness (QED) is 0.928. The van der Waals surface area contributed by atoms with Crippen LogP contribution in [0.25, 0.3) is 0 Å². The first kappa shape index (κ1) is 13.6. The number of carbonyl (C=O) groups is 1. The van der Waals surface area contributed by atoms with Crippen molar-refractivity contribution in [3.63, 3.8) is 0 Å². The molecule has 1 N–H and O–H groups in total. The van der Waals surface area contributed by atoms with Gasteiger partial charge in [0, 0.05) is 36.6 Å². The summed E-state index contributed by atoms with van der Waals surface area (Å²) < 4.78 is 1.09. The Hall–Kier alpha value is -0.870. The van der Waals surface area contributed by atoms with Crippen LogP contribution in [-0.4, -0.2) is 36.5 Å². The molecule has 1 fully saturated rings. The van der Waals surface area contributed by atoms with Gasteiger partial charge in [0.25, 0.3) is 0 Å². The topological polar surface area (TPSA) is 32.3 Å². The van der Waals surface area contributed by atoms with Crippen molar-refractivity contribution in [1.82, 2.24) is 10.2 Å². The molecule has 98 valence electrons. The molecule has 2 rings (SSSR count). The molecule has 1 aromatic rings. The molecule has 0 bridgehead atoms. The number of benzene rings is 1. The standard InChI is InChI=1S/C14H19BrN2O/c1-11-10-16-8-9-17(11)14(18)7-6-12-4-2-3-5-13(12)15/h2-5,11,16H,6-10H2,1H3/t11-/m0/s1. The monoisotopic (exact) mass is 310 g/mol. The predicted molar refractivity (Wildman–Crippen MR) is 76.5 cm³/mol. The van der Waals surface area contributed by atoms with Crippen LogP contribution in [0, 0.1) is 0 Å². The van der Waals surface area contributed by atoms with Gasteiger partial charge >= 0.3 is 0 Å². The molecule has 0 spiro atoms. The van der Waals surface area contributed by atoms with Crippen molar-refractivity contribution in [2.45, 2.75) is 25.8 Å². The highest BCUT2D eigenvalue weighted by Crippen LogP contribution is 2.18. The molecule has 1 saturated heterocycles. The van der Waals surface area contributed by atoms with E-state index in [1.807, 2.05) is 23.1 Å². The second-order valence-electron chi connectivity index (χ2n) is 4.73. The minimum absolute atomic E-state index is 0.264. The second kappa shape index (κ2) is 6.34. The molecule has 1 atom stereocenters. The molecule has 1 aliphatic heterocycles. The zero-order valence-corrected chi connectivity index (χ0v) is 12.2. The van der Waals surface area contributed by atoms with E-state index >= 15 is 0 Å². The lowest BCUT2D eigenvalue weighted by Gasteiger charge is -2.34. The third-order valence-electron chi connectivity index (χ3n) is 3.39. The summed E-state index contributed by atoms with van der Waals surface area (Å²) in [5.41, 5.74) is 1.20. The molecular formula is C14H19BrN2O. The van der Waals surface area contributed by atoms with Crippen molar-refractivity contribution in [3.8, 4) is 0 Å². The van der Waals surface area contributed by atoms with Gasteiger partial charge in [-0.15, -0.1) is 0 Å². The molecule has 0 aliphatic carbocycles. The zero-order chi connectivity index (χ0) is 13.0. The van der Waals surface area contributed by atoms with Crippen LogP contribution in [0.15, 0.2) is 28.7 Å². The van der Waals surface area contributed by atoms with Gasteiger partial charge in [0.15, 0.2) is 0 Å². The highest BCUT2D eigenvalue weighted by atomic mass is 79.9. The van der Waals surface area contributed by atoms with Gasteiger partial charge in [-0.2, -0.15) is 0 Å². The number of aryl methyl sites for hydroxylation is 1. The molecule has 3 nitrogen and oxygen atoms in total. The molecule has 1 heterocycles. The lowest BCUT2D eigenvalue weighted by molar-refractivity contribution is -0.133. The molecular weight excluding hydrogens is 292 g/mol. The van der Waals surface area contributed by atoms with E-state index < -0.39 is 0 Å². The highest BCUT2D eigenvalue weighted by Gasteiger charge is 2.22. The van der Waals surface area contributed by atoms with Gasteiger partial charge in [0.05, 0.1) is 0 Å². The Morgan fingerprint density at radius 1 is 1.50 bits per heavy atom. The summed E-state index contributed by atoms with van der Waals surface area (Å²) in [6.45, 7) is 4.74. The third-order valence-corrected chi connectivity index (χ3v) is 4.16. The van der Waals surface area contributed by atoms with Gasteiger partial charge in [-0.05, 0) is 25.0 Å². The normalized spacial score (nSPS) is 19.9. The number of hydrogen-bond donors (Lipinski definition) is 1. The fourth-order valence-electron chi connectivity index (χ4n) is 2.30. The van der Waals surface area contributed by atoms with Crippen LogP contribution in [0.4, 0.5) is 0 Å². The van der Waals surface area contributed by atoms with E-state index in [0.29, 0.717) is 12.5 Å². The van der Waals surface area contributed by atoms with Crippen LogP contribution in [0.3, 0.4) is 0 Å². The molecule has 0 radical (unpaired) electrons. The summed E-state index contributed by atoms with van der Waals surface area (Å²) in [6, 6.07) is 8.41. The number of nitrogens with one attached hydrogen (secondary N) is 1. The van der Waals surface area contributed by atoms with E-state index in [9.17, 15) is 4.79 Å². The van der Waals surface area contributed by atoms with Crippen LogP contribution in [-0.2, 0) is 11.2 Å². The Bertz CT molecular complexity index is 422. The fourth-order valence-corrected chi connectivity index (χ4v) is 2.78. The average molecular weight is 311 g/mol. The van der Waals surface area contributed by atoms with Gasteiger partial charge in [-0.3, -0.25) is 4.79 Å². The number of hydrogen-bond acceptors (Lipinski definition) is 2. The zero-order valence-electron chi connectivity index (χ0n) is 10.7. The summed E-state index contributed by atoms with van der Waals surface area (Å²) in [4.78, 5) is 14.2. The molecule has 1 amide bonds. The Labute approximate surface area is 117 Å². The van der Waals surface area contributed by atoms with E-state index in [-0.39, 0.29) is 5.91 Å². The van der Waals surface area contributed by atoms with Gasteiger partial charge in [-0.25, -0.2) is 0 Å². The first-order valence-corrected chi connectivity index (χ1v) is 7.21. The van der Waals surface area contributed by atoms with E-state index in [1.54, 1.807) is 0 Å². The van der Waals surface area contributed by atoms with Crippen molar-refractivity contribution in [3.05, 3.63) is 34.3 Å². The van der Waals surface area contributed by atoms with Crippen molar-refractivity contribution < 1.29 is 4.79 Å². The maximum Gasteiger partial charge on any atom is 0.223 e. The molecule has 1 aromatic carbocycles. The van der Waals surface area contributed by atoms with E-state index in [1.165, 1.54) is 5.56 Å². The lowest BCUT2D eigenvalue weighted by Crippen LogP contribution is -2.52. The number of carbonyl (C=O) groups excluding carboxylic acids is 1. The summed E-state index contributed by atoms with van der Waals surface area (Å²) in [5.74, 6) is 0.264. The van der Waals surface area contributed by atoms with Gasteiger partial charge in [0.1, 0.15) is 0 Å². The van der Waals surface area contributed by atoms with Gasteiger partial charge < -0.3 is 10.2 Å². The van der Waals surface area contributed by atoms with Crippen LogP contribution < -0.4 is 5.32 Å². The molecule has 0 saturated carbocycles. The number of piperazine rings is 1. The number of nitrogens with zero attached hydrogens (tertiary/aromatic N) is 1. The Morgan fingerprint density at radius 3 is 3.00 bits per heavy atom. The van der Waals surface area contributed by atoms with Crippen molar-refractivity contribution >= 4 is 21.8 Å². The van der Waals surface area contributed by atoms with Crippen molar-refractivity contribution in [2.75, 3.05) is 19.6 Å². The summed E-state index contributed by atoms with van der Waals surface area (Å²) >= 11 is 3.52. The van der Waals surface area contributed by atoms with Crippen LogP contribution in [0.2, 0.25) is 0 Å². The minimum Gasteiger partial charge on any atom is -0.337 e. The van der Waals surface area contributed by atoms with Crippen LogP contribution >= 0.6 is 15.9 Å². The second-order valence-corrected chi connectivity index (χ2v) is 5.59. The Morgan fingerprint density at radius 2 is 2.28 bits per heavy atom. The number of halogens is 1. The first-order valence-electron chi connectivity index (χ1n) is 6.42. The summed E-state index contributed by atoms with van der Waals surface area (Å²) in [7, 11) is 0. The third kappa shape index (κ3) is 3.33. The van der Waals surface area contributed by atoms with E-state index in [2.05, 4.69) is 34.2 Å². The largest absolute Gasteiger partial charge is 0.337 e. The maximum atomic E-state index is 12.2. The van der Waals surface area contributed by atoms with Crippen molar-refractivity contribution in [1.29, 1.82) is 0 Å². The van der Waals surface area contributed by atoms with Crippen LogP contribution in [0.5, 0.6) is 0 Å². The Balaban J connectivity index is 1.90. The fraction of sp³-hybridized carbons (Fsp3) is 0.500. The maximum absolute atomic E-state index is 12.2. The molecule has 4 heteroatoms. The predicted octanol–water partition coefficient (Wildman–Crippen LogP) is 2.20. The Kier molecular flexibility index (Phi) is 4.78. The average Bonchev–Trinajstić information content (AvgIpc) is 2.38. The molecule has 0 aromatic heterocycles. The smallest absolute Gasteiger partial charge is 0.223 e. The highest BCUT2D eigenvalue weighted by molar-refractivity contribution is 9.10. The SMILES string of the molecule is C[C@H]1CNCCN1C(=O)CCc1ccccc1Br. The molecule has 1 aliphatic rings. The van der Waals surface area contributed by atoms with E-state index in [4.69, 9.17) is 0 Å².